The fourth-order valence-electron chi connectivity index (χ4n) is 2.69. The van der Waals surface area contributed by atoms with Crippen molar-refractivity contribution in [1.29, 1.82) is 0 Å². The van der Waals surface area contributed by atoms with Crippen LogP contribution < -0.4 is 5.32 Å². The lowest BCUT2D eigenvalue weighted by Crippen LogP contribution is -2.11. The number of aromatic nitrogens is 3. The standard InChI is InChI=1S/C20H13Cl2FN4O2/c21-16-2-1-3-17(22)15(16)11-27-10-14(9-24-27)25-20(28)18-8-19(29-26-18)12-4-6-13(23)7-5-12/h1-10H,11H2,(H,25,28). The Morgan fingerprint density at radius 1 is 1.14 bits per heavy atom. The lowest BCUT2D eigenvalue weighted by molar-refractivity contribution is 0.101. The smallest absolute Gasteiger partial charge is 0.277 e. The Morgan fingerprint density at radius 2 is 1.86 bits per heavy atom. The summed E-state index contributed by atoms with van der Waals surface area (Å²) in [7, 11) is 0. The summed E-state index contributed by atoms with van der Waals surface area (Å²) in [5.41, 5.74) is 1.91. The topological polar surface area (TPSA) is 73.0 Å². The summed E-state index contributed by atoms with van der Waals surface area (Å²) < 4.78 is 19.8. The number of carbonyl (C=O) groups excluding carboxylic acids is 1. The predicted molar refractivity (Wildman–Crippen MR) is 108 cm³/mol. The molecule has 146 valence electrons. The molecule has 9 heteroatoms. The van der Waals surface area contributed by atoms with E-state index in [0.29, 0.717) is 33.6 Å². The Labute approximate surface area is 174 Å². The number of hydrogen-bond acceptors (Lipinski definition) is 4. The van der Waals surface area contributed by atoms with Gasteiger partial charge in [0.15, 0.2) is 11.5 Å². The summed E-state index contributed by atoms with van der Waals surface area (Å²) in [6, 6.07) is 12.4. The predicted octanol–water partition coefficient (Wildman–Crippen LogP) is 5.28. The van der Waals surface area contributed by atoms with Gasteiger partial charge in [0.05, 0.1) is 18.4 Å². The second kappa shape index (κ2) is 8.06. The first-order chi connectivity index (χ1) is 14.0. The van der Waals surface area contributed by atoms with Gasteiger partial charge < -0.3 is 9.84 Å². The molecule has 0 aliphatic carbocycles. The third-order valence-electron chi connectivity index (χ3n) is 4.14. The lowest BCUT2D eigenvalue weighted by atomic mass is 10.1. The molecule has 0 aliphatic heterocycles. The lowest BCUT2D eigenvalue weighted by Gasteiger charge is -2.06. The van der Waals surface area contributed by atoms with Gasteiger partial charge in [0.1, 0.15) is 5.82 Å². The van der Waals surface area contributed by atoms with Crippen LogP contribution in [0.2, 0.25) is 10.0 Å². The molecule has 0 saturated carbocycles. The molecule has 0 bridgehead atoms. The molecule has 0 fully saturated rings. The van der Waals surface area contributed by atoms with Crippen molar-refractivity contribution in [2.24, 2.45) is 0 Å². The first-order valence-electron chi connectivity index (χ1n) is 8.49. The summed E-state index contributed by atoms with van der Waals surface area (Å²) in [4.78, 5) is 12.4. The third kappa shape index (κ3) is 4.31. The van der Waals surface area contributed by atoms with Crippen molar-refractivity contribution in [1.82, 2.24) is 14.9 Å². The maximum atomic E-state index is 13.0. The Hall–Kier alpha value is -3.16. The van der Waals surface area contributed by atoms with Gasteiger partial charge in [-0.1, -0.05) is 34.4 Å². The SMILES string of the molecule is O=C(Nc1cnn(Cc2c(Cl)cccc2Cl)c1)c1cc(-c2ccc(F)cc2)on1. The summed E-state index contributed by atoms with van der Waals surface area (Å²) in [6.07, 6.45) is 3.15. The highest BCUT2D eigenvalue weighted by Gasteiger charge is 2.15. The molecule has 29 heavy (non-hydrogen) atoms. The van der Waals surface area contributed by atoms with E-state index >= 15 is 0 Å². The van der Waals surface area contributed by atoms with E-state index in [1.54, 1.807) is 41.2 Å². The van der Waals surface area contributed by atoms with E-state index in [-0.39, 0.29) is 11.5 Å². The van der Waals surface area contributed by atoms with Crippen LogP contribution in [0.4, 0.5) is 10.1 Å². The summed E-state index contributed by atoms with van der Waals surface area (Å²) in [5, 5.41) is 11.7. The Kier molecular flexibility index (Phi) is 5.33. The zero-order chi connectivity index (χ0) is 20.4. The number of carbonyl (C=O) groups is 1. The van der Waals surface area contributed by atoms with Crippen LogP contribution in [0.3, 0.4) is 0 Å². The van der Waals surface area contributed by atoms with Gasteiger partial charge in [-0.25, -0.2) is 4.39 Å². The van der Waals surface area contributed by atoms with Crippen LogP contribution in [0.5, 0.6) is 0 Å². The van der Waals surface area contributed by atoms with Crippen LogP contribution in [-0.2, 0) is 6.54 Å². The van der Waals surface area contributed by atoms with E-state index in [9.17, 15) is 9.18 Å². The number of nitrogens with zero attached hydrogens (tertiary/aromatic N) is 3. The van der Waals surface area contributed by atoms with E-state index in [0.717, 1.165) is 5.56 Å². The van der Waals surface area contributed by atoms with Crippen molar-refractivity contribution < 1.29 is 13.7 Å². The minimum absolute atomic E-state index is 0.0891. The fraction of sp³-hybridized carbons (Fsp3) is 0.0500. The molecule has 0 aliphatic rings. The zero-order valence-corrected chi connectivity index (χ0v) is 16.3. The molecule has 1 N–H and O–H groups in total. The van der Waals surface area contributed by atoms with Crippen LogP contribution in [0.15, 0.2) is 65.4 Å². The summed E-state index contributed by atoms with van der Waals surface area (Å²) in [6.45, 7) is 0.354. The minimum Gasteiger partial charge on any atom is -0.355 e. The molecule has 0 saturated heterocycles. The van der Waals surface area contributed by atoms with Crippen LogP contribution >= 0.6 is 23.2 Å². The highest BCUT2D eigenvalue weighted by atomic mass is 35.5. The highest BCUT2D eigenvalue weighted by molar-refractivity contribution is 6.35. The number of benzene rings is 2. The summed E-state index contributed by atoms with van der Waals surface area (Å²) in [5.74, 6) is -0.460. The van der Waals surface area contributed by atoms with Crippen molar-refractivity contribution in [2.75, 3.05) is 5.32 Å². The van der Waals surface area contributed by atoms with E-state index in [1.807, 2.05) is 0 Å². The largest absolute Gasteiger partial charge is 0.355 e. The maximum absolute atomic E-state index is 13.0. The molecule has 2 aromatic heterocycles. The quantitative estimate of drug-likeness (QED) is 0.467. The Bertz CT molecular complexity index is 1150. The number of amides is 1. The van der Waals surface area contributed by atoms with Crippen molar-refractivity contribution in [3.8, 4) is 11.3 Å². The summed E-state index contributed by atoms with van der Waals surface area (Å²) >= 11 is 12.4. The number of hydrogen-bond donors (Lipinski definition) is 1. The van der Waals surface area contributed by atoms with Crippen LogP contribution in [0.1, 0.15) is 16.1 Å². The second-order valence-corrected chi connectivity index (χ2v) is 6.98. The third-order valence-corrected chi connectivity index (χ3v) is 4.85. The first kappa shape index (κ1) is 19.2. The van der Waals surface area contributed by atoms with E-state index in [4.69, 9.17) is 27.7 Å². The van der Waals surface area contributed by atoms with Gasteiger partial charge in [-0.05, 0) is 36.4 Å². The molecule has 2 aromatic carbocycles. The molecule has 0 spiro atoms. The molecule has 0 unspecified atom stereocenters. The molecule has 4 aromatic rings. The minimum atomic E-state index is -0.461. The maximum Gasteiger partial charge on any atom is 0.277 e. The Balaban J connectivity index is 1.45. The van der Waals surface area contributed by atoms with Gasteiger partial charge in [0, 0.05) is 33.4 Å². The molecule has 4 rings (SSSR count). The normalized spacial score (nSPS) is 10.9. The molecular formula is C20H13Cl2FN4O2. The Morgan fingerprint density at radius 3 is 2.59 bits per heavy atom. The molecule has 6 nitrogen and oxygen atoms in total. The van der Waals surface area contributed by atoms with E-state index < -0.39 is 5.91 Å². The van der Waals surface area contributed by atoms with Crippen LogP contribution in [0.25, 0.3) is 11.3 Å². The molecule has 1 amide bonds. The average molecular weight is 431 g/mol. The van der Waals surface area contributed by atoms with Gasteiger partial charge in [-0.15, -0.1) is 0 Å². The average Bonchev–Trinajstić information content (AvgIpc) is 3.35. The fourth-order valence-corrected chi connectivity index (χ4v) is 3.20. The van der Waals surface area contributed by atoms with Crippen LogP contribution in [0, 0.1) is 5.82 Å². The molecule has 2 heterocycles. The molecule has 0 radical (unpaired) electrons. The number of nitrogens with one attached hydrogen (secondary N) is 1. The second-order valence-electron chi connectivity index (χ2n) is 6.16. The molecule has 0 atom stereocenters. The monoisotopic (exact) mass is 430 g/mol. The zero-order valence-electron chi connectivity index (χ0n) is 14.8. The number of halogens is 3. The van der Waals surface area contributed by atoms with Crippen LogP contribution in [-0.4, -0.2) is 20.8 Å². The first-order valence-corrected chi connectivity index (χ1v) is 9.24. The highest BCUT2D eigenvalue weighted by Crippen LogP contribution is 2.25. The number of rotatable bonds is 5. The number of anilines is 1. The van der Waals surface area contributed by atoms with Crippen molar-refractivity contribution in [3.05, 3.63) is 88.0 Å². The van der Waals surface area contributed by atoms with Crippen molar-refractivity contribution in [2.45, 2.75) is 6.54 Å². The van der Waals surface area contributed by atoms with Gasteiger partial charge in [0.2, 0.25) is 0 Å². The van der Waals surface area contributed by atoms with Gasteiger partial charge in [-0.3, -0.25) is 9.48 Å². The van der Waals surface area contributed by atoms with E-state index in [2.05, 4.69) is 15.6 Å². The van der Waals surface area contributed by atoms with Crippen molar-refractivity contribution in [3.63, 3.8) is 0 Å². The van der Waals surface area contributed by atoms with Gasteiger partial charge in [-0.2, -0.15) is 5.10 Å². The van der Waals surface area contributed by atoms with E-state index in [1.165, 1.54) is 24.4 Å². The van der Waals surface area contributed by atoms with Crippen molar-refractivity contribution >= 4 is 34.8 Å². The van der Waals surface area contributed by atoms with Gasteiger partial charge in [0.25, 0.3) is 5.91 Å². The van der Waals surface area contributed by atoms with Gasteiger partial charge >= 0.3 is 0 Å². The molecular weight excluding hydrogens is 418 g/mol.